The summed E-state index contributed by atoms with van der Waals surface area (Å²) in [4.78, 5) is 44.6. The van der Waals surface area contributed by atoms with E-state index in [1.54, 1.807) is 18.2 Å². The number of hydrogen-bond donors (Lipinski definition) is 2. The molecule has 0 aliphatic carbocycles. The van der Waals surface area contributed by atoms with Crippen LogP contribution >= 0.6 is 0 Å². The van der Waals surface area contributed by atoms with Gasteiger partial charge in [0.25, 0.3) is 5.91 Å². The zero-order valence-corrected chi connectivity index (χ0v) is 16.9. The maximum atomic E-state index is 13.0. The number of nitrogens with one attached hydrogen (secondary N) is 2. The number of halogens is 1. The number of ether oxygens (including phenoxy) is 1. The third kappa shape index (κ3) is 4.59. The van der Waals surface area contributed by atoms with E-state index in [1.165, 1.54) is 37.3 Å². The van der Waals surface area contributed by atoms with E-state index in [1.807, 2.05) is 0 Å². The van der Waals surface area contributed by atoms with Gasteiger partial charge in [-0.05, 0) is 36.4 Å². The van der Waals surface area contributed by atoms with Gasteiger partial charge in [-0.3, -0.25) is 25.8 Å². The molecule has 1 amide bonds. The third-order valence-corrected chi connectivity index (χ3v) is 4.37. The Morgan fingerprint density at radius 2 is 1.81 bits per heavy atom. The zero-order valence-electron chi connectivity index (χ0n) is 16.9. The number of esters is 1. The molecule has 0 unspecified atom stereocenters. The Kier molecular flexibility index (Phi) is 6.53. The van der Waals surface area contributed by atoms with Crippen LogP contribution in [-0.4, -0.2) is 40.9 Å². The van der Waals surface area contributed by atoms with Crippen molar-refractivity contribution in [1.29, 1.82) is 0 Å². The molecule has 32 heavy (non-hydrogen) atoms. The maximum absolute atomic E-state index is 13.0. The van der Waals surface area contributed by atoms with Crippen LogP contribution < -0.4 is 15.8 Å². The second-order valence-corrected chi connectivity index (χ2v) is 6.31. The van der Waals surface area contributed by atoms with Crippen LogP contribution in [0.15, 0.2) is 54.9 Å². The maximum Gasteiger partial charge on any atom is 0.355 e. The number of hydrazine groups is 1. The molecule has 1 heterocycles. The van der Waals surface area contributed by atoms with E-state index in [0.717, 1.165) is 18.5 Å². The minimum atomic E-state index is -0.723. The molecule has 0 saturated carbocycles. The molecule has 1 aromatic heterocycles. The highest BCUT2D eigenvalue weighted by molar-refractivity contribution is 5.97. The predicted molar refractivity (Wildman–Crippen MR) is 112 cm³/mol. The highest BCUT2D eigenvalue weighted by atomic mass is 19.1. The average molecular weight is 440 g/mol. The molecule has 3 rings (SSSR count). The molecule has 12 heteroatoms. The Hall–Kier alpha value is -4.61. The van der Waals surface area contributed by atoms with Crippen LogP contribution in [0.2, 0.25) is 0 Å². The van der Waals surface area contributed by atoms with Crippen LogP contribution in [0.5, 0.6) is 0 Å². The van der Waals surface area contributed by atoms with Crippen molar-refractivity contribution in [1.82, 2.24) is 15.4 Å². The topological polar surface area (TPSA) is 140 Å². The number of carbonyl (C=O) groups is 2. The van der Waals surface area contributed by atoms with Gasteiger partial charge < -0.3 is 9.64 Å². The monoisotopic (exact) mass is 440 g/mol. The highest BCUT2D eigenvalue weighted by Gasteiger charge is 2.28. The van der Waals surface area contributed by atoms with Gasteiger partial charge in [0.1, 0.15) is 12.1 Å². The number of carbonyl (C=O) groups excluding carboxylic acids is 2. The molecule has 0 atom stereocenters. The quantitative estimate of drug-likeness (QED) is 0.322. The fourth-order valence-electron chi connectivity index (χ4n) is 2.83. The molecule has 2 N–H and O–H groups in total. The lowest BCUT2D eigenvalue weighted by Gasteiger charge is -2.21. The summed E-state index contributed by atoms with van der Waals surface area (Å²) in [5, 5.41) is 11.8. The van der Waals surface area contributed by atoms with Gasteiger partial charge in [0.05, 0.1) is 23.3 Å². The number of aromatic nitrogens is 2. The molecule has 164 valence electrons. The lowest BCUT2D eigenvalue weighted by atomic mass is 10.1. The van der Waals surface area contributed by atoms with Crippen molar-refractivity contribution in [2.75, 3.05) is 24.5 Å². The zero-order chi connectivity index (χ0) is 23.3. The number of anilines is 3. The normalized spacial score (nSPS) is 10.2. The van der Waals surface area contributed by atoms with E-state index in [2.05, 4.69) is 20.8 Å². The van der Waals surface area contributed by atoms with Gasteiger partial charge in [-0.2, -0.15) is 0 Å². The van der Waals surface area contributed by atoms with Crippen molar-refractivity contribution < 1.29 is 23.6 Å². The molecule has 0 bridgehead atoms. The van der Waals surface area contributed by atoms with E-state index in [9.17, 15) is 24.1 Å². The Bertz CT molecular complexity index is 1170. The Morgan fingerprint density at radius 1 is 1.12 bits per heavy atom. The van der Waals surface area contributed by atoms with E-state index in [4.69, 9.17) is 4.74 Å². The summed E-state index contributed by atoms with van der Waals surface area (Å²) >= 11 is 0. The van der Waals surface area contributed by atoms with Crippen molar-refractivity contribution in [3.8, 4) is 0 Å². The number of nitrogens with zero attached hydrogens (tertiary/aromatic N) is 4. The van der Waals surface area contributed by atoms with Crippen molar-refractivity contribution in [2.24, 2.45) is 0 Å². The molecular weight excluding hydrogens is 423 g/mol. The van der Waals surface area contributed by atoms with Crippen LogP contribution in [0.4, 0.5) is 27.4 Å². The van der Waals surface area contributed by atoms with Crippen molar-refractivity contribution in [3.05, 3.63) is 81.9 Å². The van der Waals surface area contributed by atoms with Gasteiger partial charge in [-0.1, -0.05) is 12.1 Å². The molecule has 0 radical (unpaired) electrons. The molecule has 0 saturated heterocycles. The number of para-hydroxylation sites is 1. The predicted octanol–water partition coefficient (Wildman–Crippen LogP) is 2.84. The smallest absolute Gasteiger partial charge is 0.355 e. The van der Waals surface area contributed by atoms with Crippen LogP contribution in [0.1, 0.15) is 20.7 Å². The van der Waals surface area contributed by atoms with E-state index in [-0.39, 0.29) is 22.8 Å². The number of methoxy groups -OCH3 is 1. The number of rotatable bonds is 7. The highest BCUT2D eigenvalue weighted by Crippen LogP contribution is 2.35. The second-order valence-electron chi connectivity index (χ2n) is 6.31. The average Bonchev–Trinajstić information content (AvgIpc) is 2.81. The van der Waals surface area contributed by atoms with Crippen molar-refractivity contribution in [2.45, 2.75) is 0 Å². The summed E-state index contributed by atoms with van der Waals surface area (Å²) in [6.45, 7) is 0. The molecule has 0 fully saturated rings. The van der Waals surface area contributed by atoms with Gasteiger partial charge in [0, 0.05) is 12.6 Å². The van der Waals surface area contributed by atoms with Crippen molar-refractivity contribution >= 4 is 34.9 Å². The first kappa shape index (κ1) is 22.1. The molecule has 11 nitrogen and oxygen atoms in total. The van der Waals surface area contributed by atoms with Gasteiger partial charge in [0.2, 0.25) is 11.6 Å². The first-order valence-electron chi connectivity index (χ1n) is 9.06. The van der Waals surface area contributed by atoms with Crippen LogP contribution in [-0.2, 0) is 4.74 Å². The first-order valence-corrected chi connectivity index (χ1v) is 9.06. The number of nitro groups is 1. The fraction of sp³-hybridized carbons (Fsp3) is 0.100. The van der Waals surface area contributed by atoms with Crippen LogP contribution in [0, 0.1) is 15.9 Å². The van der Waals surface area contributed by atoms with Crippen molar-refractivity contribution in [3.63, 3.8) is 0 Å². The fourth-order valence-corrected chi connectivity index (χ4v) is 2.83. The molecule has 0 aliphatic rings. The summed E-state index contributed by atoms with van der Waals surface area (Å²) in [6, 6.07) is 11.1. The lowest BCUT2D eigenvalue weighted by Crippen LogP contribution is -2.30. The van der Waals surface area contributed by atoms with Gasteiger partial charge in [-0.25, -0.2) is 19.2 Å². The first-order chi connectivity index (χ1) is 15.3. The molecule has 2 aromatic carbocycles. The largest absolute Gasteiger partial charge is 0.465 e. The summed E-state index contributed by atoms with van der Waals surface area (Å²) in [5.41, 5.74) is 4.73. The molecule has 0 spiro atoms. The summed E-state index contributed by atoms with van der Waals surface area (Å²) in [7, 11) is 2.70. The second kappa shape index (κ2) is 9.47. The number of amides is 1. The summed E-state index contributed by atoms with van der Waals surface area (Å²) in [6.07, 6.45) is 1.06. The van der Waals surface area contributed by atoms with Gasteiger partial charge >= 0.3 is 11.7 Å². The Morgan fingerprint density at radius 3 is 2.47 bits per heavy atom. The van der Waals surface area contributed by atoms with Crippen LogP contribution in [0.25, 0.3) is 0 Å². The summed E-state index contributed by atoms with van der Waals surface area (Å²) < 4.78 is 17.8. The Balaban J connectivity index is 1.93. The Labute approximate surface area is 181 Å². The third-order valence-electron chi connectivity index (χ3n) is 4.37. The minimum Gasteiger partial charge on any atom is -0.465 e. The van der Waals surface area contributed by atoms with E-state index < -0.39 is 28.3 Å². The number of benzene rings is 2. The summed E-state index contributed by atoms with van der Waals surface area (Å²) in [5.74, 6) is -2.24. The van der Waals surface area contributed by atoms with Gasteiger partial charge in [-0.15, -0.1) is 0 Å². The SMILES string of the molecule is COC(=O)c1ccccc1N(C)c1ncnc(NNC(=O)c2ccc(F)cc2)c1[N+](=O)[O-]. The standard InChI is InChI=1S/C20H17FN6O5/c1-26(15-6-4-3-5-14(15)20(29)32-2)18-16(27(30)31)17(22-11-23-18)24-25-19(28)12-7-9-13(21)10-8-12/h3-11H,1-2H3,(H,25,28)(H,22,23,24). The molecule has 3 aromatic rings. The van der Waals surface area contributed by atoms with Crippen LogP contribution in [0.3, 0.4) is 0 Å². The molecular formula is C20H17FN6O5. The van der Waals surface area contributed by atoms with E-state index in [0.29, 0.717) is 5.69 Å². The van der Waals surface area contributed by atoms with E-state index >= 15 is 0 Å². The minimum absolute atomic E-state index is 0.125. The lowest BCUT2D eigenvalue weighted by molar-refractivity contribution is -0.383. The van der Waals surface area contributed by atoms with Gasteiger partial charge in [0.15, 0.2) is 0 Å². The molecule has 0 aliphatic heterocycles. The number of hydrogen-bond acceptors (Lipinski definition) is 9.